The Hall–Kier alpha value is -6.46. The number of hydrogen-bond donors (Lipinski definition) is 0. The highest BCUT2D eigenvalue weighted by Gasteiger charge is 2.22. The summed E-state index contributed by atoms with van der Waals surface area (Å²) in [5.74, 6) is 0. The Morgan fingerprint density at radius 3 is 2.02 bits per heavy atom. The van der Waals surface area contributed by atoms with Crippen molar-refractivity contribution in [1.29, 1.82) is 0 Å². The van der Waals surface area contributed by atoms with E-state index < -0.39 is 0 Å². The lowest BCUT2D eigenvalue weighted by Gasteiger charge is -2.21. The maximum atomic E-state index is 5.45. The number of rotatable bonds is 2. The van der Waals surface area contributed by atoms with Crippen molar-refractivity contribution in [2.75, 3.05) is 0 Å². The lowest BCUT2D eigenvalue weighted by Crippen LogP contribution is -1.95. The standard InChI is InChI=1S/C51H28N2S2/c1-2-10-33-25-35-27-44-42(26-34(35)24-32(33)9-1)52-51-50-41(48-37-11-4-3-8-29(37)20-23-47(48)55-50)28-43(53(44)51)31-18-16-30(17-19-31)36-21-22-40-38-12-5-6-14-45(38)54-46-15-7-13-39(36)49(40)46/h1-28H. The maximum absolute atomic E-state index is 5.45. The average Bonchev–Trinajstić information content (AvgIpc) is 3.80. The first kappa shape index (κ1) is 29.9. The van der Waals surface area contributed by atoms with Gasteiger partial charge in [0.05, 0.1) is 21.4 Å². The van der Waals surface area contributed by atoms with Gasteiger partial charge in [-0.05, 0) is 114 Å². The predicted octanol–water partition coefficient (Wildman–Crippen LogP) is 14.9. The number of pyridine rings is 1. The third-order valence-corrected chi connectivity index (χ3v) is 14.0. The summed E-state index contributed by atoms with van der Waals surface area (Å²) in [5.41, 5.74) is 10.6. The Morgan fingerprint density at radius 1 is 0.436 bits per heavy atom. The number of aromatic nitrogens is 2. The molecule has 4 heteroatoms. The van der Waals surface area contributed by atoms with Gasteiger partial charge in [-0.1, -0.05) is 133 Å². The van der Waals surface area contributed by atoms with E-state index in [1.54, 1.807) is 0 Å². The molecular formula is C51H28N2S2. The van der Waals surface area contributed by atoms with Gasteiger partial charge in [0.25, 0.3) is 0 Å². The summed E-state index contributed by atoms with van der Waals surface area (Å²) < 4.78 is 4.92. The first-order valence-corrected chi connectivity index (χ1v) is 20.3. The van der Waals surface area contributed by atoms with Gasteiger partial charge in [-0.2, -0.15) is 0 Å². The molecule has 0 bridgehead atoms. The molecule has 0 unspecified atom stereocenters. The Morgan fingerprint density at radius 2 is 1.15 bits per heavy atom. The molecule has 12 aromatic rings. The van der Waals surface area contributed by atoms with Crippen LogP contribution in [0.15, 0.2) is 180 Å². The van der Waals surface area contributed by atoms with Crippen LogP contribution in [0, 0.1) is 0 Å². The monoisotopic (exact) mass is 732 g/mol. The predicted molar refractivity (Wildman–Crippen MR) is 236 cm³/mol. The molecule has 0 saturated heterocycles. The first-order valence-electron chi connectivity index (χ1n) is 18.7. The number of thiophene rings is 1. The molecule has 9 aromatic carbocycles. The molecular weight excluding hydrogens is 705 g/mol. The third-order valence-electron chi connectivity index (χ3n) is 11.7. The van der Waals surface area contributed by atoms with Gasteiger partial charge in [-0.3, -0.25) is 4.40 Å². The molecule has 0 aliphatic carbocycles. The Labute approximate surface area is 323 Å². The van der Waals surface area contributed by atoms with Crippen LogP contribution in [0.1, 0.15) is 0 Å². The Bertz CT molecular complexity index is 3630. The zero-order valence-electron chi connectivity index (χ0n) is 29.4. The molecule has 0 N–H and O–H groups in total. The molecule has 0 fully saturated rings. The van der Waals surface area contributed by atoms with Gasteiger partial charge in [-0.15, -0.1) is 11.3 Å². The van der Waals surface area contributed by atoms with Crippen LogP contribution in [0.3, 0.4) is 0 Å². The van der Waals surface area contributed by atoms with Crippen molar-refractivity contribution in [2.24, 2.45) is 0 Å². The molecule has 0 radical (unpaired) electrons. The molecule has 0 amide bonds. The van der Waals surface area contributed by atoms with E-state index in [0.717, 1.165) is 22.4 Å². The van der Waals surface area contributed by atoms with Gasteiger partial charge in [0.2, 0.25) is 0 Å². The van der Waals surface area contributed by atoms with Crippen molar-refractivity contribution in [2.45, 2.75) is 9.79 Å². The zero-order chi connectivity index (χ0) is 35.8. The summed E-state index contributed by atoms with van der Waals surface area (Å²) in [6, 6.07) is 63.0. The largest absolute Gasteiger partial charge is 0.291 e. The van der Waals surface area contributed by atoms with E-state index in [9.17, 15) is 0 Å². The highest BCUT2D eigenvalue weighted by molar-refractivity contribution is 7.99. The van der Waals surface area contributed by atoms with Crippen LogP contribution in [0.25, 0.3) is 113 Å². The molecule has 3 aromatic heterocycles. The van der Waals surface area contributed by atoms with Crippen molar-refractivity contribution < 1.29 is 0 Å². The number of nitrogens with zero attached hydrogens (tertiary/aromatic N) is 2. The average molecular weight is 733 g/mol. The second-order valence-electron chi connectivity index (χ2n) is 14.7. The fourth-order valence-electron chi connectivity index (χ4n) is 9.17. The Balaban J connectivity index is 1.06. The summed E-state index contributed by atoms with van der Waals surface area (Å²) in [7, 11) is 0. The minimum absolute atomic E-state index is 1.01. The minimum Gasteiger partial charge on any atom is -0.291 e. The van der Waals surface area contributed by atoms with Crippen molar-refractivity contribution in [3.05, 3.63) is 170 Å². The van der Waals surface area contributed by atoms with E-state index in [1.807, 2.05) is 23.1 Å². The van der Waals surface area contributed by atoms with Crippen LogP contribution in [0.4, 0.5) is 0 Å². The third kappa shape index (κ3) is 4.24. The van der Waals surface area contributed by atoms with Crippen LogP contribution in [-0.4, -0.2) is 9.38 Å². The smallest absolute Gasteiger partial charge is 0.156 e. The fraction of sp³-hybridized carbons (Fsp3) is 0. The quantitative estimate of drug-likeness (QED) is 0.165. The SMILES string of the molecule is c1ccc2c(c1)Sc1cccc3c(-c4ccc(-c5cc6c(sc7ccc8ccccc8c76)c6nc7cc8cc9ccccc9cc8cc7n56)cc4)ccc-2c13. The molecule has 2 nitrogen and oxygen atoms in total. The molecule has 1 aliphatic heterocycles. The topological polar surface area (TPSA) is 17.3 Å². The fourth-order valence-corrected chi connectivity index (χ4v) is 11.5. The number of fused-ring (bicyclic) bond motifs is 13. The van der Waals surface area contributed by atoms with E-state index in [1.165, 1.54) is 101 Å². The number of imidazole rings is 1. The van der Waals surface area contributed by atoms with Gasteiger partial charge >= 0.3 is 0 Å². The lowest BCUT2D eigenvalue weighted by atomic mass is 9.91. The molecule has 0 saturated carbocycles. The lowest BCUT2D eigenvalue weighted by molar-refractivity contribution is 1.25. The molecule has 254 valence electrons. The zero-order valence-corrected chi connectivity index (χ0v) is 31.0. The molecule has 0 atom stereocenters. The van der Waals surface area contributed by atoms with Gasteiger partial charge in [0.1, 0.15) is 0 Å². The number of benzene rings is 9. The van der Waals surface area contributed by atoms with Crippen LogP contribution < -0.4 is 0 Å². The van der Waals surface area contributed by atoms with Crippen LogP contribution in [0.2, 0.25) is 0 Å². The van der Waals surface area contributed by atoms with Crippen molar-refractivity contribution >= 4 is 103 Å². The van der Waals surface area contributed by atoms with E-state index in [-0.39, 0.29) is 0 Å². The van der Waals surface area contributed by atoms with Crippen molar-refractivity contribution in [1.82, 2.24) is 9.38 Å². The van der Waals surface area contributed by atoms with Gasteiger partial charge in [0.15, 0.2) is 5.65 Å². The van der Waals surface area contributed by atoms with E-state index >= 15 is 0 Å². The van der Waals surface area contributed by atoms with Crippen LogP contribution in [-0.2, 0) is 0 Å². The highest BCUT2D eigenvalue weighted by Crippen LogP contribution is 2.50. The minimum atomic E-state index is 1.01. The molecule has 0 spiro atoms. The molecule has 1 aliphatic rings. The second kappa shape index (κ2) is 11.0. The summed E-state index contributed by atoms with van der Waals surface area (Å²) in [6.45, 7) is 0. The summed E-state index contributed by atoms with van der Waals surface area (Å²) >= 11 is 3.73. The van der Waals surface area contributed by atoms with Crippen LogP contribution >= 0.6 is 23.1 Å². The van der Waals surface area contributed by atoms with E-state index in [4.69, 9.17) is 4.98 Å². The van der Waals surface area contributed by atoms with Crippen LogP contribution in [0.5, 0.6) is 0 Å². The first-order chi connectivity index (χ1) is 27.2. The summed E-state index contributed by atoms with van der Waals surface area (Å²) in [4.78, 5) is 8.10. The van der Waals surface area contributed by atoms with Gasteiger partial charge < -0.3 is 0 Å². The molecule has 55 heavy (non-hydrogen) atoms. The summed E-state index contributed by atoms with van der Waals surface area (Å²) in [5, 5.41) is 12.7. The number of hydrogen-bond acceptors (Lipinski definition) is 3. The van der Waals surface area contributed by atoms with Crippen molar-refractivity contribution in [3.63, 3.8) is 0 Å². The van der Waals surface area contributed by atoms with Gasteiger partial charge in [0, 0.05) is 30.6 Å². The normalized spacial score (nSPS) is 12.7. The molecule has 13 rings (SSSR count). The highest BCUT2D eigenvalue weighted by atomic mass is 32.2. The second-order valence-corrected chi connectivity index (χ2v) is 16.8. The van der Waals surface area contributed by atoms with Gasteiger partial charge in [-0.25, -0.2) is 4.98 Å². The molecule has 4 heterocycles. The van der Waals surface area contributed by atoms with E-state index in [0.29, 0.717) is 0 Å². The summed E-state index contributed by atoms with van der Waals surface area (Å²) in [6.07, 6.45) is 0. The Kier molecular flexibility index (Phi) is 6.01. The van der Waals surface area contributed by atoms with E-state index in [2.05, 4.69) is 174 Å². The maximum Gasteiger partial charge on any atom is 0.156 e. The van der Waals surface area contributed by atoms with Crippen molar-refractivity contribution in [3.8, 4) is 33.5 Å².